The van der Waals surface area contributed by atoms with E-state index < -0.39 is 0 Å². The summed E-state index contributed by atoms with van der Waals surface area (Å²) in [6.45, 7) is 3.89. The fourth-order valence-corrected chi connectivity index (χ4v) is 4.29. The third-order valence-electron chi connectivity index (χ3n) is 6.08. The number of carbonyl (C=O) groups excluding carboxylic acids is 1. The molecular formula is C27H26N8O2. The monoisotopic (exact) mass is 494 g/mol. The van der Waals surface area contributed by atoms with Gasteiger partial charge in [0, 0.05) is 18.9 Å². The Balaban J connectivity index is 1.51. The lowest BCUT2D eigenvalue weighted by Crippen LogP contribution is -2.26. The van der Waals surface area contributed by atoms with E-state index >= 15 is 0 Å². The topological polar surface area (TPSA) is 131 Å². The first-order valence-corrected chi connectivity index (χ1v) is 12.1. The van der Waals surface area contributed by atoms with E-state index in [2.05, 4.69) is 37.8 Å². The molecule has 10 heteroatoms. The molecule has 10 nitrogen and oxygen atoms in total. The largest absolute Gasteiger partial charge is 0.325 e. The van der Waals surface area contributed by atoms with Crippen LogP contribution in [-0.2, 0) is 17.8 Å². The highest BCUT2D eigenvalue weighted by Gasteiger charge is 2.15. The van der Waals surface area contributed by atoms with Crippen molar-refractivity contribution in [2.24, 2.45) is 0 Å². The van der Waals surface area contributed by atoms with Gasteiger partial charge in [0.05, 0.1) is 23.8 Å². The van der Waals surface area contributed by atoms with Gasteiger partial charge < -0.3 is 5.32 Å². The van der Waals surface area contributed by atoms with Gasteiger partial charge in [-0.15, -0.1) is 10.2 Å². The summed E-state index contributed by atoms with van der Waals surface area (Å²) >= 11 is 0. The van der Waals surface area contributed by atoms with Gasteiger partial charge in [0.1, 0.15) is 5.82 Å². The standard InChI is InChI=1S/C27H26N8O2/c1-3-4-9-24-30-25-23(14-20(15-28-25)29-17(2)36)27(37)35(24)16-18-10-12-19(13-11-18)21-7-5-6-8-22(21)26-31-33-34-32-26/h5-8,10-15H,3-4,9,16H2,1-2H3,(H,29,36)(H,31,32,33,34). The molecule has 2 aromatic carbocycles. The molecule has 186 valence electrons. The van der Waals surface area contributed by atoms with Gasteiger partial charge in [-0.2, -0.15) is 5.21 Å². The van der Waals surface area contributed by atoms with Gasteiger partial charge in [-0.1, -0.05) is 61.9 Å². The maximum absolute atomic E-state index is 13.6. The number of nitrogens with one attached hydrogen (secondary N) is 2. The summed E-state index contributed by atoms with van der Waals surface area (Å²) in [6, 6.07) is 17.6. The van der Waals surface area contributed by atoms with Gasteiger partial charge in [0.2, 0.25) is 11.7 Å². The van der Waals surface area contributed by atoms with Crippen LogP contribution in [0.25, 0.3) is 33.5 Å². The number of amides is 1. The molecule has 0 aliphatic heterocycles. The molecule has 1 amide bonds. The minimum atomic E-state index is -0.227. The highest BCUT2D eigenvalue weighted by atomic mass is 16.1. The summed E-state index contributed by atoms with van der Waals surface area (Å²) in [5.74, 6) is 1.00. The van der Waals surface area contributed by atoms with Gasteiger partial charge in [-0.25, -0.2) is 9.97 Å². The van der Waals surface area contributed by atoms with Crippen molar-refractivity contribution < 1.29 is 4.79 Å². The Labute approximate surface area is 212 Å². The van der Waals surface area contributed by atoms with Crippen molar-refractivity contribution in [2.45, 2.75) is 39.7 Å². The number of tetrazole rings is 1. The highest BCUT2D eigenvalue weighted by molar-refractivity contribution is 5.90. The Hall–Kier alpha value is -4.73. The summed E-state index contributed by atoms with van der Waals surface area (Å²) < 4.78 is 1.71. The Bertz CT molecular complexity index is 1610. The zero-order chi connectivity index (χ0) is 25.8. The predicted octanol–water partition coefficient (Wildman–Crippen LogP) is 3.99. The van der Waals surface area contributed by atoms with Gasteiger partial charge in [-0.3, -0.25) is 14.2 Å². The van der Waals surface area contributed by atoms with E-state index in [-0.39, 0.29) is 11.5 Å². The second kappa shape index (κ2) is 10.5. The first-order valence-electron chi connectivity index (χ1n) is 12.1. The maximum atomic E-state index is 13.6. The minimum Gasteiger partial charge on any atom is -0.325 e. The smallest absolute Gasteiger partial charge is 0.263 e. The number of anilines is 1. The lowest BCUT2D eigenvalue weighted by atomic mass is 9.98. The van der Waals surface area contributed by atoms with Crippen LogP contribution in [0, 0.1) is 0 Å². The van der Waals surface area contributed by atoms with E-state index in [9.17, 15) is 9.59 Å². The second-order valence-corrected chi connectivity index (χ2v) is 8.78. The van der Waals surface area contributed by atoms with Crippen LogP contribution < -0.4 is 10.9 Å². The summed E-state index contributed by atoms with van der Waals surface area (Å²) in [7, 11) is 0. The number of benzene rings is 2. The molecule has 5 aromatic rings. The number of hydrogen-bond acceptors (Lipinski definition) is 7. The van der Waals surface area contributed by atoms with Crippen LogP contribution >= 0.6 is 0 Å². The molecule has 0 spiro atoms. The van der Waals surface area contributed by atoms with Crippen LogP contribution in [0.2, 0.25) is 0 Å². The third kappa shape index (κ3) is 5.13. The van der Waals surface area contributed by atoms with E-state index in [1.165, 1.54) is 13.1 Å². The van der Waals surface area contributed by atoms with E-state index in [1.807, 2.05) is 48.5 Å². The van der Waals surface area contributed by atoms with E-state index in [0.29, 0.717) is 41.3 Å². The van der Waals surface area contributed by atoms with Crippen LogP contribution in [0.4, 0.5) is 5.69 Å². The van der Waals surface area contributed by atoms with Crippen molar-refractivity contribution in [2.75, 3.05) is 5.32 Å². The van der Waals surface area contributed by atoms with Crippen molar-refractivity contribution in [3.8, 4) is 22.5 Å². The summed E-state index contributed by atoms with van der Waals surface area (Å²) in [5.41, 5.74) is 4.51. The van der Waals surface area contributed by atoms with Crippen molar-refractivity contribution in [1.29, 1.82) is 0 Å². The molecule has 0 atom stereocenters. The second-order valence-electron chi connectivity index (χ2n) is 8.78. The number of rotatable bonds is 8. The number of aromatic nitrogens is 7. The van der Waals surface area contributed by atoms with Crippen LogP contribution in [0.3, 0.4) is 0 Å². The molecule has 5 rings (SSSR count). The number of nitrogens with zero attached hydrogens (tertiary/aromatic N) is 6. The first kappa shape index (κ1) is 24.0. The number of hydrogen-bond donors (Lipinski definition) is 2. The molecule has 0 radical (unpaired) electrons. The van der Waals surface area contributed by atoms with Gasteiger partial charge in [-0.05, 0) is 34.4 Å². The molecule has 0 aliphatic rings. The number of carbonyl (C=O) groups is 1. The predicted molar refractivity (Wildman–Crippen MR) is 141 cm³/mol. The number of H-pyrrole nitrogens is 1. The highest BCUT2D eigenvalue weighted by Crippen LogP contribution is 2.29. The van der Waals surface area contributed by atoms with Gasteiger partial charge in [0.15, 0.2) is 5.65 Å². The van der Waals surface area contributed by atoms with Crippen LogP contribution in [-0.4, -0.2) is 41.1 Å². The Kier molecular flexibility index (Phi) is 6.80. The number of unbranched alkanes of at least 4 members (excludes halogenated alkanes) is 1. The van der Waals surface area contributed by atoms with Crippen LogP contribution in [0.5, 0.6) is 0 Å². The fraction of sp³-hybridized carbons (Fsp3) is 0.222. The zero-order valence-electron chi connectivity index (χ0n) is 20.6. The van der Waals surface area contributed by atoms with Crippen LogP contribution in [0.15, 0.2) is 65.6 Å². The molecule has 3 aromatic heterocycles. The summed E-state index contributed by atoms with van der Waals surface area (Å²) in [5, 5.41) is 17.5. The molecule has 0 fully saturated rings. The minimum absolute atomic E-state index is 0.178. The quantitative estimate of drug-likeness (QED) is 0.333. The lowest BCUT2D eigenvalue weighted by molar-refractivity contribution is -0.114. The Morgan fingerprint density at radius 1 is 1.08 bits per heavy atom. The Morgan fingerprint density at radius 2 is 1.86 bits per heavy atom. The SMILES string of the molecule is CCCCc1nc2ncc(NC(C)=O)cc2c(=O)n1Cc1ccc(-c2ccccc2-c2nn[nH]n2)cc1. The lowest BCUT2D eigenvalue weighted by Gasteiger charge is -2.14. The summed E-state index contributed by atoms with van der Waals surface area (Å²) in [6.07, 6.45) is 4.09. The van der Waals surface area contributed by atoms with E-state index in [1.54, 1.807) is 10.6 Å². The molecule has 0 saturated heterocycles. The van der Waals surface area contributed by atoms with Crippen molar-refractivity contribution >= 4 is 22.6 Å². The zero-order valence-corrected chi connectivity index (χ0v) is 20.6. The molecule has 0 unspecified atom stereocenters. The number of aromatic amines is 1. The molecule has 3 heterocycles. The average molecular weight is 495 g/mol. The van der Waals surface area contributed by atoms with E-state index in [0.717, 1.165) is 35.1 Å². The summed E-state index contributed by atoms with van der Waals surface area (Å²) in [4.78, 5) is 34.1. The first-order chi connectivity index (χ1) is 18.0. The number of aryl methyl sites for hydroxylation is 1. The fourth-order valence-electron chi connectivity index (χ4n) is 4.29. The molecule has 0 saturated carbocycles. The molecule has 0 bridgehead atoms. The van der Waals surface area contributed by atoms with Gasteiger partial charge in [0.25, 0.3) is 5.56 Å². The van der Waals surface area contributed by atoms with Crippen LogP contribution in [0.1, 0.15) is 38.1 Å². The molecule has 2 N–H and O–H groups in total. The van der Waals surface area contributed by atoms with Gasteiger partial charge >= 0.3 is 0 Å². The average Bonchev–Trinajstić information content (AvgIpc) is 3.45. The maximum Gasteiger partial charge on any atom is 0.263 e. The Morgan fingerprint density at radius 3 is 2.57 bits per heavy atom. The van der Waals surface area contributed by atoms with Crippen molar-refractivity contribution in [3.63, 3.8) is 0 Å². The molecular weight excluding hydrogens is 468 g/mol. The normalized spacial score (nSPS) is 11.1. The number of fused-ring (bicyclic) bond motifs is 1. The van der Waals surface area contributed by atoms with Crippen molar-refractivity contribution in [1.82, 2.24) is 35.2 Å². The third-order valence-corrected chi connectivity index (χ3v) is 6.08. The number of pyridine rings is 1. The molecule has 0 aliphatic carbocycles. The molecule has 37 heavy (non-hydrogen) atoms. The van der Waals surface area contributed by atoms with Crippen molar-refractivity contribution in [3.05, 3.63) is 82.5 Å². The van der Waals surface area contributed by atoms with E-state index in [4.69, 9.17) is 4.98 Å².